The van der Waals surface area contributed by atoms with Crippen LogP contribution in [0.5, 0.6) is 0 Å². The van der Waals surface area contributed by atoms with Crippen LogP contribution < -0.4 is 4.90 Å². The van der Waals surface area contributed by atoms with E-state index in [1.807, 2.05) is 0 Å². The lowest BCUT2D eigenvalue weighted by molar-refractivity contribution is 0.0587. The summed E-state index contributed by atoms with van der Waals surface area (Å²) in [4.78, 5) is 28.8. The van der Waals surface area contributed by atoms with E-state index in [0.29, 0.717) is 0 Å². The van der Waals surface area contributed by atoms with E-state index in [9.17, 15) is 9.59 Å². The molecule has 0 spiro atoms. The molecule has 1 amide bonds. The van der Waals surface area contributed by atoms with Crippen LogP contribution in [0.4, 0.5) is 10.5 Å². The lowest BCUT2D eigenvalue weighted by Crippen LogP contribution is -2.35. The number of rotatable bonds is 2. The van der Waals surface area contributed by atoms with Crippen molar-refractivity contribution in [3.8, 4) is 0 Å². The molecule has 0 fully saturated rings. The minimum atomic E-state index is -0.642. The molecule has 0 radical (unpaired) electrons. The molecule has 1 rings (SSSR count). The minimum absolute atomic E-state index is 0.131. The molecule has 1 aromatic rings. The smallest absolute Gasteiger partial charge is 0.414 e. The predicted molar refractivity (Wildman–Crippen MR) is 75.2 cm³/mol. The first-order chi connectivity index (χ1) is 9.15. The van der Waals surface area contributed by atoms with Crippen LogP contribution >= 0.6 is 11.6 Å². The highest BCUT2D eigenvalue weighted by Gasteiger charge is 2.24. The number of ether oxygens (including phenoxy) is 2. The minimum Gasteiger partial charge on any atom is -0.465 e. The zero-order valence-corrected chi connectivity index (χ0v) is 12.8. The number of carbonyl (C=O) groups excluding carboxylic acids is 2. The summed E-state index contributed by atoms with van der Waals surface area (Å²) in [6, 6.07) is 1.34. The van der Waals surface area contributed by atoms with Crippen molar-refractivity contribution < 1.29 is 19.1 Å². The van der Waals surface area contributed by atoms with Gasteiger partial charge in [0.15, 0.2) is 0 Å². The molecular formula is C13H17ClN2O4. The third-order valence-electron chi connectivity index (χ3n) is 2.28. The van der Waals surface area contributed by atoms with E-state index >= 15 is 0 Å². The van der Waals surface area contributed by atoms with Crippen LogP contribution in [-0.4, -0.2) is 36.8 Å². The maximum absolute atomic E-state index is 12.0. The van der Waals surface area contributed by atoms with E-state index in [2.05, 4.69) is 9.72 Å². The van der Waals surface area contributed by atoms with Gasteiger partial charge >= 0.3 is 12.1 Å². The number of hydrogen-bond donors (Lipinski definition) is 0. The van der Waals surface area contributed by atoms with Gasteiger partial charge in [-0.05, 0) is 26.8 Å². The van der Waals surface area contributed by atoms with Crippen molar-refractivity contribution in [2.75, 3.05) is 19.1 Å². The topological polar surface area (TPSA) is 68.7 Å². The summed E-state index contributed by atoms with van der Waals surface area (Å²) >= 11 is 5.76. The molecule has 7 heteroatoms. The number of nitrogens with zero attached hydrogens (tertiary/aromatic N) is 2. The normalized spacial score (nSPS) is 10.9. The first-order valence-corrected chi connectivity index (χ1v) is 6.24. The summed E-state index contributed by atoms with van der Waals surface area (Å²) in [5, 5.41) is 0.131. The Morgan fingerprint density at radius 3 is 2.45 bits per heavy atom. The molecule has 0 aliphatic heterocycles. The average Bonchev–Trinajstić information content (AvgIpc) is 2.34. The Morgan fingerprint density at radius 2 is 1.95 bits per heavy atom. The summed E-state index contributed by atoms with van der Waals surface area (Å²) in [5.41, 5.74) is -0.243. The second kappa shape index (κ2) is 6.09. The zero-order valence-electron chi connectivity index (χ0n) is 12.1. The van der Waals surface area contributed by atoms with Gasteiger partial charge in [-0.15, -0.1) is 0 Å². The summed E-state index contributed by atoms with van der Waals surface area (Å²) in [7, 11) is 2.72. The van der Waals surface area contributed by atoms with E-state index < -0.39 is 17.7 Å². The second-order valence-electron chi connectivity index (χ2n) is 5.06. The summed E-state index contributed by atoms with van der Waals surface area (Å²) in [5.74, 6) is -0.611. The second-order valence-corrected chi connectivity index (χ2v) is 5.44. The summed E-state index contributed by atoms with van der Waals surface area (Å²) in [6.45, 7) is 5.25. The Balaban J connectivity index is 3.12. The fourth-order valence-electron chi connectivity index (χ4n) is 1.39. The molecule has 0 aromatic carbocycles. The fraction of sp³-hybridized carbons (Fsp3) is 0.462. The number of carbonyl (C=O) groups is 2. The Labute approximate surface area is 122 Å². The number of pyridine rings is 1. The van der Waals surface area contributed by atoms with E-state index in [1.165, 1.54) is 31.3 Å². The molecule has 20 heavy (non-hydrogen) atoms. The Hall–Kier alpha value is -1.82. The maximum atomic E-state index is 12.0. The van der Waals surface area contributed by atoms with Gasteiger partial charge in [0.25, 0.3) is 0 Å². The molecule has 0 saturated carbocycles. The molecule has 110 valence electrons. The van der Waals surface area contributed by atoms with Crippen LogP contribution in [0.1, 0.15) is 31.1 Å². The molecule has 6 nitrogen and oxygen atoms in total. The molecule has 1 heterocycles. The quantitative estimate of drug-likeness (QED) is 0.620. The predicted octanol–water partition coefficient (Wildman–Crippen LogP) is 2.89. The van der Waals surface area contributed by atoms with Crippen molar-refractivity contribution in [1.29, 1.82) is 0 Å². The van der Waals surface area contributed by atoms with Gasteiger partial charge < -0.3 is 9.47 Å². The Morgan fingerprint density at radius 1 is 1.35 bits per heavy atom. The SMILES string of the molecule is COC(=O)c1cc(Cl)ncc1N(C)C(=O)OC(C)(C)C. The third-order valence-corrected chi connectivity index (χ3v) is 2.49. The van der Waals surface area contributed by atoms with Crippen LogP contribution in [0.2, 0.25) is 5.15 Å². The fourth-order valence-corrected chi connectivity index (χ4v) is 1.55. The molecule has 0 atom stereocenters. The lowest BCUT2D eigenvalue weighted by Gasteiger charge is -2.25. The van der Waals surface area contributed by atoms with E-state index in [1.54, 1.807) is 20.8 Å². The average molecular weight is 301 g/mol. The number of anilines is 1. The number of amides is 1. The molecule has 0 aliphatic carbocycles. The summed E-state index contributed by atoms with van der Waals surface area (Å²) in [6.07, 6.45) is 0.713. The molecule has 0 aliphatic rings. The van der Waals surface area contributed by atoms with Crippen LogP contribution in [0.3, 0.4) is 0 Å². The van der Waals surface area contributed by atoms with E-state index in [-0.39, 0.29) is 16.4 Å². The van der Waals surface area contributed by atoms with Gasteiger partial charge in [-0.1, -0.05) is 11.6 Å². The van der Waals surface area contributed by atoms with Gasteiger partial charge in [0, 0.05) is 7.05 Å². The van der Waals surface area contributed by atoms with Crippen LogP contribution in [0.25, 0.3) is 0 Å². The van der Waals surface area contributed by atoms with Gasteiger partial charge in [-0.3, -0.25) is 4.90 Å². The van der Waals surface area contributed by atoms with Crippen molar-refractivity contribution >= 4 is 29.4 Å². The zero-order chi connectivity index (χ0) is 15.5. The highest BCUT2D eigenvalue weighted by molar-refractivity contribution is 6.29. The standard InChI is InChI=1S/C13H17ClN2O4/c1-13(2,3)20-12(18)16(4)9-7-15-10(14)6-8(9)11(17)19-5/h6-7H,1-5H3. The number of aromatic nitrogens is 1. The lowest BCUT2D eigenvalue weighted by atomic mass is 10.2. The number of methoxy groups -OCH3 is 1. The first-order valence-electron chi connectivity index (χ1n) is 5.86. The molecule has 0 unspecified atom stereocenters. The highest BCUT2D eigenvalue weighted by atomic mass is 35.5. The molecule has 0 bridgehead atoms. The van der Waals surface area contributed by atoms with Crippen molar-refractivity contribution in [3.63, 3.8) is 0 Å². The summed E-state index contributed by atoms with van der Waals surface area (Å²) < 4.78 is 9.89. The number of hydrogen-bond acceptors (Lipinski definition) is 5. The van der Waals surface area contributed by atoms with Gasteiger partial charge in [-0.2, -0.15) is 0 Å². The number of esters is 1. The van der Waals surface area contributed by atoms with Crippen LogP contribution in [-0.2, 0) is 9.47 Å². The van der Waals surface area contributed by atoms with E-state index in [4.69, 9.17) is 16.3 Å². The van der Waals surface area contributed by atoms with Gasteiger partial charge in [0.1, 0.15) is 10.8 Å². The Bertz CT molecular complexity index is 526. The van der Waals surface area contributed by atoms with Gasteiger partial charge in [-0.25, -0.2) is 14.6 Å². The van der Waals surface area contributed by atoms with Gasteiger partial charge in [0.2, 0.25) is 0 Å². The largest absolute Gasteiger partial charge is 0.465 e. The van der Waals surface area contributed by atoms with Crippen LogP contribution in [0.15, 0.2) is 12.3 Å². The number of halogens is 1. The van der Waals surface area contributed by atoms with Crippen molar-refractivity contribution in [2.24, 2.45) is 0 Å². The Kier molecular flexibility index (Phi) is 4.94. The van der Waals surface area contributed by atoms with Crippen molar-refractivity contribution in [1.82, 2.24) is 4.98 Å². The van der Waals surface area contributed by atoms with Gasteiger partial charge in [0.05, 0.1) is 24.6 Å². The molecule has 1 aromatic heterocycles. The first kappa shape index (κ1) is 16.2. The van der Waals surface area contributed by atoms with Crippen LogP contribution in [0, 0.1) is 0 Å². The monoisotopic (exact) mass is 300 g/mol. The van der Waals surface area contributed by atoms with Crippen molar-refractivity contribution in [3.05, 3.63) is 23.0 Å². The maximum Gasteiger partial charge on any atom is 0.414 e. The molecular weight excluding hydrogens is 284 g/mol. The van der Waals surface area contributed by atoms with E-state index in [0.717, 1.165) is 0 Å². The van der Waals surface area contributed by atoms with Crippen molar-refractivity contribution in [2.45, 2.75) is 26.4 Å². The molecule has 0 N–H and O–H groups in total. The third kappa shape index (κ3) is 4.09. The highest BCUT2D eigenvalue weighted by Crippen LogP contribution is 2.23. The molecule has 0 saturated heterocycles.